The van der Waals surface area contributed by atoms with Crippen LogP contribution in [0.3, 0.4) is 0 Å². The van der Waals surface area contributed by atoms with E-state index in [0.717, 1.165) is 26.2 Å². The van der Waals surface area contributed by atoms with E-state index in [1.54, 1.807) is 42.5 Å². The lowest BCUT2D eigenvalue weighted by molar-refractivity contribution is 0.261. The molecule has 134 valence electrons. The molecule has 1 heterocycles. The van der Waals surface area contributed by atoms with Gasteiger partial charge < -0.3 is 4.90 Å². The highest BCUT2D eigenvalue weighted by Crippen LogP contribution is 2.19. The van der Waals surface area contributed by atoms with E-state index in [4.69, 9.17) is 0 Å². The molecule has 0 aliphatic carbocycles. The maximum atomic E-state index is 13.8. The summed E-state index contributed by atoms with van der Waals surface area (Å²) in [6.07, 6.45) is 0. The first kappa shape index (κ1) is 17.8. The van der Waals surface area contributed by atoms with Crippen molar-refractivity contribution in [3.63, 3.8) is 0 Å². The van der Waals surface area contributed by atoms with Gasteiger partial charge in [0, 0.05) is 39.3 Å². The summed E-state index contributed by atoms with van der Waals surface area (Å²) in [5.74, 6) is -0.202. The molecule has 0 amide bonds. The molecule has 0 saturated carbocycles. The van der Waals surface area contributed by atoms with Gasteiger partial charge in [-0.25, -0.2) is 17.5 Å². The van der Waals surface area contributed by atoms with Crippen LogP contribution < -0.4 is 9.62 Å². The zero-order valence-corrected chi connectivity index (χ0v) is 14.8. The molecule has 0 atom stereocenters. The maximum absolute atomic E-state index is 13.8. The average Bonchev–Trinajstić information content (AvgIpc) is 2.63. The van der Waals surface area contributed by atoms with Gasteiger partial charge >= 0.3 is 0 Å². The first-order valence-electron chi connectivity index (χ1n) is 8.33. The van der Waals surface area contributed by atoms with Crippen molar-refractivity contribution in [2.45, 2.75) is 4.90 Å². The lowest BCUT2D eigenvalue weighted by Gasteiger charge is -2.36. The number of halogens is 1. The molecule has 1 aliphatic rings. The van der Waals surface area contributed by atoms with Crippen molar-refractivity contribution in [2.75, 3.05) is 44.2 Å². The Morgan fingerprint density at radius 2 is 1.56 bits per heavy atom. The second-order valence-electron chi connectivity index (χ2n) is 5.99. The van der Waals surface area contributed by atoms with E-state index in [1.165, 1.54) is 6.07 Å². The second kappa shape index (κ2) is 7.95. The number of hydrogen-bond donors (Lipinski definition) is 1. The molecule has 0 aromatic heterocycles. The van der Waals surface area contributed by atoms with E-state index in [0.29, 0.717) is 18.8 Å². The molecule has 7 heteroatoms. The van der Waals surface area contributed by atoms with Crippen molar-refractivity contribution in [1.82, 2.24) is 9.62 Å². The number of sulfonamides is 1. The summed E-state index contributed by atoms with van der Waals surface area (Å²) in [7, 11) is -3.46. The lowest BCUT2D eigenvalue weighted by atomic mass is 10.2. The molecule has 0 radical (unpaired) electrons. The Balaban J connectivity index is 1.46. The third-order valence-corrected chi connectivity index (χ3v) is 5.82. The van der Waals surface area contributed by atoms with Gasteiger partial charge in [0.05, 0.1) is 10.6 Å². The highest BCUT2D eigenvalue weighted by molar-refractivity contribution is 7.89. The zero-order valence-electron chi connectivity index (χ0n) is 13.9. The van der Waals surface area contributed by atoms with Crippen LogP contribution in [0.25, 0.3) is 0 Å². The van der Waals surface area contributed by atoms with Gasteiger partial charge in [-0.2, -0.15) is 0 Å². The van der Waals surface area contributed by atoms with E-state index in [1.807, 2.05) is 11.0 Å². The monoisotopic (exact) mass is 363 g/mol. The number of benzene rings is 2. The zero-order chi connectivity index (χ0) is 17.7. The van der Waals surface area contributed by atoms with Crippen LogP contribution in [-0.2, 0) is 10.0 Å². The Morgan fingerprint density at radius 3 is 2.24 bits per heavy atom. The summed E-state index contributed by atoms with van der Waals surface area (Å²) in [4.78, 5) is 4.49. The largest absolute Gasteiger partial charge is 0.367 e. The van der Waals surface area contributed by atoms with Gasteiger partial charge in [-0.15, -0.1) is 0 Å². The third kappa shape index (κ3) is 4.56. The van der Waals surface area contributed by atoms with Crippen LogP contribution in [-0.4, -0.2) is 52.6 Å². The summed E-state index contributed by atoms with van der Waals surface area (Å²) in [5, 5.41) is 0. The maximum Gasteiger partial charge on any atom is 0.240 e. The Bertz CT molecular complexity index is 791. The van der Waals surface area contributed by atoms with Gasteiger partial charge in [0.25, 0.3) is 0 Å². The minimum atomic E-state index is -3.46. The van der Waals surface area contributed by atoms with Gasteiger partial charge in [0.15, 0.2) is 0 Å². The van der Waals surface area contributed by atoms with Gasteiger partial charge in [0.1, 0.15) is 5.82 Å². The van der Waals surface area contributed by atoms with Crippen LogP contribution in [0.5, 0.6) is 0 Å². The number of anilines is 1. The number of piperazine rings is 1. The predicted octanol–water partition coefficient (Wildman–Crippen LogP) is 1.93. The minimum absolute atomic E-state index is 0.202. The second-order valence-corrected chi connectivity index (χ2v) is 7.76. The molecule has 2 aromatic carbocycles. The quantitative estimate of drug-likeness (QED) is 0.852. The van der Waals surface area contributed by atoms with Gasteiger partial charge in [-0.1, -0.05) is 30.3 Å². The lowest BCUT2D eigenvalue weighted by Crippen LogP contribution is -2.48. The summed E-state index contributed by atoms with van der Waals surface area (Å²) in [5.41, 5.74) is 0.631. The van der Waals surface area contributed by atoms with Gasteiger partial charge in [-0.05, 0) is 24.3 Å². The van der Waals surface area contributed by atoms with Crippen LogP contribution >= 0.6 is 0 Å². The van der Waals surface area contributed by atoms with Crippen LogP contribution in [0.15, 0.2) is 59.5 Å². The summed E-state index contributed by atoms with van der Waals surface area (Å²) >= 11 is 0. The topological polar surface area (TPSA) is 52.7 Å². The third-order valence-electron chi connectivity index (χ3n) is 4.34. The van der Waals surface area contributed by atoms with Crippen molar-refractivity contribution in [2.24, 2.45) is 0 Å². The molecule has 5 nitrogen and oxygen atoms in total. The van der Waals surface area contributed by atoms with Crippen LogP contribution in [0.4, 0.5) is 10.1 Å². The SMILES string of the molecule is O=S(=O)(NCCN1CCN(c2ccccc2F)CC1)c1ccccc1. The first-order valence-corrected chi connectivity index (χ1v) is 9.81. The van der Waals surface area contributed by atoms with E-state index < -0.39 is 10.0 Å². The molecule has 0 unspecified atom stereocenters. The fraction of sp³-hybridized carbons (Fsp3) is 0.333. The van der Waals surface area contributed by atoms with Crippen molar-refractivity contribution in [1.29, 1.82) is 0 Å². The molecular weight excluding hydrogens is 341 g/mol. The Labute approximate surface area is 148 Å². The number of para-hydroxylation sites is 1. The molecule has 3 rings (SSSR count). The van der Waals surface area contributed by atoms with E-state index in [-0.39, 0.29) is 10.7 Å². The van der Waals surface area contributed by atoms with Crippen LogP contribution in [0.1, 0.15) is 0 Å². The molecule has 1 fully saturated rings. The van der Waals surface area contributed by atoms with E-state index >= 15 is 0 Å². The Kier molecular flexibility index (Phi) is 5.67. The van der Waals surface area contributed by atoms with Crippen molar-refractivity contribution in [3.05, 3.63) is 60.4 Å². The highest BCUT2D eigenvalue weighted by Gasteiger charge is 2.20. The van der Waals surface area contributed by atoms with Crippen LogP contribution in [0, 0.1) is 5.82 Å². The average molecular weight is 363 g/mol. The van der Waals surface area contributed by atoms with Crippen molar-refractivity contribution >= 4 is 15.7 Å². The normalized spacial score (nSPS) is 16.1. The summed E-state index contributed by atoms with van der Waals surface area (Å²) < 4.78 is 40.8. The van der Waals surface area contributed by atoms with Crippen LogP contribution in [0.2, 0.25) is 0 Å². The first-order chi connectivity index (χ1) is 12.1. The van der Waals surface area contributed by atoms with E-state index in [9.17, 15) is 12.8 Å². The standard InChI is InChI=1S/C18H22FN3O2S/c19-17-8-4-5-9-18(17)22-14-12-21(13-15-22)11-10-20-25(23,24)16-6-2-1-3-7-16/h1-9,20H,10-15H2. The summed E-state index contributed by atoms with van der Waals surface area (Å²) in [6, 6.07) is 15.1. The molecule has 1 saturated heterocycles. The molecule has 25 heavy (non-hydrogen) atoms. The molecule has 0 spiro atoms. The fourth-order valence-electron chi connectivity index (χ4n) is 2.94. The number of nitrogens with one attached hydrogen (secondary N) is 1. The summed E-state index contributed by atoms with van der Waals surface area (Å²) in [6.45, 7) is 4.01. The Morgan fingerprint density at radius 1 is 0.920 bits per heavy atom. The number of hydrogen-bond acceptors (Lipinski definition) is 4. The fourth-order valence-corrected chi connectivity index (χ4v) is 3.98. The Hall–Kier alpha value is -1.96. The molecule has 0 bridgehead atoms. The van der Waals surface area contributed by atoms with Gasteiger partial charge in [-0.3, -0.25) is 4.90 Å². The smallest absolute Gasteiger partial charge is 0.240 e. The minimum Gasteiger partial charge on any atom is -0.367 e. The molecule has 2 aromatic rings. The molecule has 1 N–H and O–H groups in total. The van der Waals surface area contributed by atoms with E-state index in [2.05, 4.69) is 9.62 Å². The number of rotatable bonds is 6. The predicted molar refractivity (Wildman–Crippen MR) is 96.7 cm³/mol. The van der Waals surface area contributed by atoms with Crippen molar-refractivity contribution in [3.8, 4) is 0 Å². The molecule has 1 aliphatic heterocycles. The highest BCUT2D eigenvalue weighted by atomic mass is 32.2. The number of nitrogens with zero attached hydrogens (tertiary/aromatic N) is 2. The van der Waals surface area contributed by atoms with Crippen molar-refractivity contribution < 1.29 is 12.8 Å². The van der Waals surface area contributed by atoms with Gasteiger partial charge in [0.2, 0.25) is 10.0 Å². The molecular formula is C18H22FN3O2S.